The molecule has 0 unspecified atom stereocenters. The number of halogens is 1. The third-order valence-corrected chi connectivity index (χ3v) is 4.55. The lowest BCUT2D eigenvalue weighted by Gasteiger charge is -2.01. The first-order valence-electron chi connectivity index (χ1n) is 8.06. The molecule has 28 heavy (non-hydrogen) atoms. The molecular formula is C18H12FN3O5S. The molecule has 4 rings (SSSR count). The monoisotopic (exact) mass is 401 g/mol. The first-order chi connectivity index (χ1) is 13.6. The zero-order chi connectivity index (χ0) is 19.5. The molecule has 3 aromatic heterocycles. The zero-order valence-electron chi connectivity index (χ0n) is 14.2. The van der Waals surface area contributed by atoms with Crippen molar-refractivity contribution >= 4 is 17.3 Å². The van der Waals surface area contributed by atoms with Gasteiger partial charge in [0.05, 0.1) is 12.0 Å². The average Bonchev–Trinajstić information content (AvgIpc) is 3.42. The second kappa shape index (κ2) is 7.61. The summed E-state index contributed by atoms with van der Waals surface area (Å²) >= 11 is 1.36. The van der Waals surface area contributed by atoms with Gasteiger partial charge in [-0.2, -0.15) is 4.68 Å². The minimum atomic E-state index is -0.815. The molecule has 0 saturated carbocycles. The van der Waals surface area contributed by atoms with E-state index in [4.69, 9.17) is 13.6 Å². The van der Waals surface area contributed by atoms with Crippen molar-refractivity contribution in [3.8, 4) is 22.2 Å². The summed E-state index contributed by atoms with van der Waals surface area (Å²) in [4.78, 5) is 28.2. The summed E-state index contributed by atoms with van der Waals surface area (Å²) in [5.41, 5.74) is 0.975. The van der Waals surface area contributed by atoms with Crippen LogP contribution in [0.1, 0.15) is 5.69 Å². The van der Waals surface area contributed by atoms with Crippen LogP contribution >= 0.6 is 11.3 Å². The molecule has 10 heteroatoms. The maximum absolute atomic E-state index is 13.0. The van der Waals surface area contributed by atoms with Gasteiger partial charge in [0.15, 0.2) is 10.8 Å². The lowest BCUT2D eigenvalue weighted by atomic mass is 10.2. The van der Waals surface area contributed by atoms with E-state index in [0.717, 1.165) is 4.68 Å². The molecule has 1 aromatic carbocycles. The maximum atomic E-state index is 13.0. The van der Waals surface area contributed by atoms with Crippen LogP contribution in [0.25, 0.3) is 22.2 Å². The Morgan fingerprint density at radius 2 is 2.07 bits per heavy atom. The normalized spacial score (nSPS) is 10.9. The van der Waals surface area contributed by atoms with Gasteiger partial charge in [-0.3, -0.25) is 4.79 Å². The van der Waals surface area contributed by atoms with Crippen LogP contribution in [-0.4, -0.2) is 20.7 Å². The molecule has 0 saturated heterocycles. The van der Waals surface area contributed by atoms with Gasteiger partial charge in [-0.1, -0.05) is 0 Å². The fraction of sp³-hybridized carbons (Fsp3) is 0.111. The summed E-state index contributed by atoms with van der Waals surface area (Å²) in [5.74, 6) is -1.30. The number of carbonyl (C=O) groups is 1. The number of hydrogen-bond donors (Lipinski definition) is 0. The zero-order valence-corrected chi connectivity index (χ0v) is 15.0. The van der Waals surface area contributed by atoms with E-state index in [1.54, 1.807) is 23.8 Å². The lowest BCUT2D eigenvalue weighted by molar-refractivity contribution is -0.146. The molecule has 3 heterocycles. The van der Waals surface area contributed by atoms with Crippen LogP contribution in [0.2, 0.25) is 0 Å². The van der Waals surface area contributed by atoms with E-state index >= 15 is 0 Å². The number of hydrogen-bond acceptors (Lipinski definition) is 8. The number of rotatable bonds is 6. The second-order valence-corrected chi connectivity index (χ2v) is 6.48. The van der Waals surface area contributed by atoms with Crippen molar-refractivity contribution in [2.75, 3.05) is 0 Å². The molecule has 0 spiro atoms. The number of furan rings is 1. The van der Waals surface area contributed by atoms with Crippen molar-refractivity contribution in [2.24, 2.45) is 0 Å². The van der Waals surface area contributed by atoms with Crippen molar-refractivity contribution < 1.29 is 22.8 Å². The van der Waals surface area contributed by atoms with Crippen LogP contribution in [-0.2, 0) is 22.7 Å². The Kier molecular flexibility index (Phi) is 4.85. The van der Waals surface area contributed by atoms with E-state index in [2.05, 4.69) is 10.1 Å². The first kappa shape index (κ1) is 17.9. The predicted octanol–water partition coefficient (Wildman–Crippen LogP) is 3.10. The highest BCUT2D eigenvalue weighted by Crippen LogP contribution is 2.24. The summed E-state index contributed by atoms with van der Waals surface area (Å²) in [6.07, 6.45) is 1.55. The average molecular weight is 401 g/mol. The van der Waals surface area contributed by atoms with Gasteiger partial charge in [-0.05, 0) is 36.4 Å². The fourth-order valence-electron chi connectivity index (χ4n) is 2.32. The lowest BCUT2D eigenvalue weighted by Crippen LogP contribution is -2.23. The Morgan fingerprint density at radius 3 is 2.82 bits per heavy atom. The highest BCUT2D eigenvalue weighted by atomic mass is 32.1. The molecule has 0 aliphatic heterocycles. The quantitative estimate of drug-likeness (QED) is 0.458. The predicted molar refractivity (Wildman–Crippen MR) is 95.8 cm³/mol. The van der Waals surface area contributed by atoms with Gasteiger partial charge in [0, 0.05) is 10.9 Å². The number of carbonyl (C=O) groups excluding carboxylic acids is 1. The van der Waals surface area contributed by atoms with E-state index in [9.17, 15) is 14.0 Å². The number of benzene rings is 1. The summed E-state index contributed by atoms with van der Waals surface area (Å²) in [6, 6.07) is 8.81. The molecular weight excluding hydrogens is 389 g/mol. The van der Waals surface area contributed by atoms with Gasteiger partial charge in [-0.15, -0.1) is 16.4 Å². The van der Waals surface area contributed by atoms with Gasteiger partial charge in [0.1, 0.15) is 19.0 Å². The summed E-state index contributed by atoms with van der Waals surface area (Å²) < 4.78 is 29.2. The van der Waals surface area contributed by atoms with Gasteiger partial charge in [-0.25, -0.2) is 14.2 Å². The summed E-state index contributed by atoms with van der Waals surface area (Å²) in [7, 11) is 0. The number of esters is 1. The Morgan fingerprint density at radius 1 is 1.25 bits per heavy atom. The van der Waals surface area contributed by atoms with Crippen molar-refractivity contribution in [3.05, 3.63) is 70.1 Å². The molecule has 0 fully saturated rings. The molecule has 0 amide bonds. The highest BCUT2D eigenvalue weighted by molar-refractivity contribution is 7.13. The van der Waals surface area contributed by atoms with E-state index in [1.807, 2.05) is 0 Å². The van der Waals surface area contributed by atoms with E-state index in [0.29, 0.717) is 22.0 Å². The maximum Gasteiger partial charge on any atom is 0.437 e. The van der Waals surface area contributed by atoms with Crippen molar-refractivity contribution in [1.82, 2.24) is 14.8 Å². The van der Waals surface area contributed by atoms with Crippen LogP contribution < -0.4 is 5.76 Å². The van der Waals surface area contributed by atoms with Crippen LogP contribution in [0, 0.1) is 5.82 Å². The largest absolute Gasteiger partial charge is 0.462 e. The third-order valence-electron chi connectivity index (χ3n) is 3.64. The number of ether oxygens (including phenoxy) is 1. The topological polar surface area (TPSA) is 100 Å². The summed E-state index contributed by atoms with van der Waals surface area (Å²) in [6.45, 7) is -0.466. The Bertz CT molecular complexity index is 1140. The molecule has 8 nitrogen and oxygen atoms in total. The minimum absolute atomic E-state index is 0.0135. The molecule has 0 aliphatic carbocycles. The molecule has 4 aromatic rings. The van der Waals surface area contributed by atoms with Crippen LogP contribution in [0.15, 0.2) is 61.7 Å². The smallest absolute Gasteiger partial charge is 0.437 e. The van der Waals surface area contributed by atoms with Crippen molar-refractivity contribution in [2.45, 2.75) is 13.2 Å². The van der Waals surface area contributed by atoms with E-state index < -0.39 is 24.1 Å². The van der Waals surface area contributed by atoms with Crippen LogP contribution in [0.3, 0.4) is 0 Å². The Hall–Kier alpha value is -3.53. The van der Waals surface area contributed by atoms with Crippen molar-refractivity contribution in [3.63, 3.8) is 0 Å². The van der Waals surface area contributed by atoms with E-state index in [-0.39, 0.29) is 12.5 Å². The molecule has 0 atom stereocenters. The minimum Gasteiger partial charge on any atom is -0.462 e. The Labute approximate surface area is 160 Å². The number of nitrogens with zero attached hydrogens (tertiary/aromatic N) is 3. The van der Waals surface area contributed by atoms with Crippen LogP contribution in [0.4, 0.5) is 4.39 Å². The van der Waals surface area contributed by atoms with Gasteiger partial charge < -0.3 is 13.6 Å². The number of aromatic nitrogens is 3. The highest BCUT2D eigenvalue weighted by Gasteiger charge is 2.15. The first-order valence-corrected chi connectivity index (χ1v) is 8.94. The van der Waals surface area contributed by atoms with Crippen LogP contribution in [0.5, 0.6) is 0 Å². The number of thiazole rings is 1. The Balaban J connectivity index is 1.38. The molecule has 0 N–H and O–H groups in total. The van der Waals surface area contributed by atoms with Gasteiger partial charge in [0.2, 0.25) is 5.89 Å². The van der Waals surface area contributed by atoms with Crippen molar-refractivity contribution in [1.29, 1.82) is 0 Å². The van der Waals surface area contributed by atoms with E-state index in [1.165, 1.54) is 35.6 Å². The molecule has 0 radical (unpaired) electrons. The second-order valence-electron chi connectivity index (χ2n) is 5.62. The molecule has 142 valence electrons. The third kappa shape index (κ3) is 3.91. The molecule has 0 aliphatic rings. The standard InChI is InChI=1S/C18H12FN3O5S/c19-12-5-3-11(4-6-12)16-21-22(18(24)27-16)8-15(23)26-9-13-10-28-17(20-13)14-2-1-7-25-14/h1-7,10H,8-9H2. The summed E-state index contributed by atoms with van der Waals surface area (Å²) in [5, 5.41) is 6.35. The van der Waals surface area contributed by atoms with Gasteiger partial charge in [0.25, 0.3) is 0 Å². The molecule has 0 bridgehead atoms. The van der Waals surface area contributed by atoms with Gasteiger partial charge >= 0.3 is 11.7 Å². The SMILES string of the molecule is O=C(Cn1nc(-c2ccc(F)cc2)oc1=O)OCc1csc(-c2ccco2)n1. The fourth-order valence-corrected chi connectivity index (χ4v) is 3.10.